The van der Waals surface area contributed by atoms with Crippen LogP contribution in [0.3, 0.4) is 0 Å². The lowest BCUT2D eigenvalue weighted by molar-refractivity contribution is -0.121. The van der Waals surface area contributed by atoms with Gasteiger partial charge in [0.05, 0.1) is 10.6 Å². The van der Waals surface area contributed by atoms with Crippen LogP contribution < -0.4 is 4.90 Å². The first-order valence-corrected chi connectivity index (χ1v) is 12.3. The molecule has 2 aliphatic rings. The van der Waals surface area contributed by atoms with E-state index in [-0.39, 0.29) is 56.7 Å². The van der Waals surface area contributed by atoms with Crippen LogP contribution in [0.5, 0.6) is 0 Å². The van der Waals surface area contributed by atoms with Crippen LogP contribution in [0.2, 0.25) is 0 Å². The minimum absolute atomic E-state index is 0.177. The highest BCUT2D eigenvalue weighted by Gasteiger charge is 2.33. The molecule has 0 N–H and O–H groups in total. The van der Waals surface area contributed by atoms with Crippen molar-refractivity contribution in [3.8, 4) is 0 Å². The zero-order valence-corrected chi connectivity index (χ0v) is 19.0. The van der Waals surface area contributed by atoms with Gasteiger partial charge in [0.1, 0.15) is 0 Å². The molecule has 2 aliphatic heterocycles. The van der Waals surface area contributed by atoms with Gasteiger partial charge in [-0.15, -0.1) is 11.3 Å². The van der Waals surface area contributed by atoms with Crippen molar-refractivity contribution in [1.29, 1.82) is 0 Å². The van der Waals surface area contributed by atoms with E-state index < -0.39 is 10.0 Å². The summed E-state index contributed by atoms with van der Waals surface area (Å²) in [6.07, 6.45) is 0.354. The molecule has 2 saturated heterocycles. The van der Waals surface area contributed by atoms with Crippen molar-refractivity contribution in [3.63, 3.8) is 0 Å². The van der Waals surface area contributed by atoms with Crippen LogP contribution in [0.15, 0.2) is 35.2 Å². The second kappa shape index (κ2) is 8.18. The average molecular weight is 462 g/mol. The highest BCUT2D eigenvalue weighted by atomic mass is 32.2. The van der Waals surface area contributed by atoms with Gasteiger partial charge in [-0.05, 0) is 38.1 Å². The number of hydrogen-bond donors (Lipinski definition) is 0. The molecule has 164 valence electrons. The van der Waals surface area contributed by atoms with Crippen molar-refractivity contribution in [1.82, 2.24) is 9.21 Å². The van der Waals surface area contributed by atoms with Gasteiger partial charge in [-0.2, -0.15) is 4.31 Å². The summed E-state index contributed by atoms with van der Waals surface area (Å²) in [5, 5.41) is 0. The van der Waals surface area contributed by atoms with E-state index >= 15 is 0 Å². The summed E-state index contributed by atoms with van der Waals surface area (Å²) >= 11 is 1.45. The zero-order valence-electron chi connectivity index (χ0n) is 17.3. The van der Waals surface area contributed by atoms with Crippen LogP contribution >= 0.6 is 11.3 Å². The maximum atomic E-state index is 13.0. The highest BCUT2D eigenvalue weighted by Crippen LogP contribution is 2.29. The molecule has 2 fully saturated rings. The molecule has 4 rings (SSSR count). The van der Waals surface area contributed by atoms with Crippen LogP contribution in [0.1, 0.15) is 33.0 Å². The van der Waals surface area contributed by atoms with E-state index in [1.807, 2.05) is 6.92 Å². The molecule has 10 heteroatoms. The van der Waals surface area contributed by atoms with E-state index in [0.717, 1.165) is 14.7 Å². The first-order chi connectivity index (χ1) is 14.7. The Bertz CT molecular complexity index is 1150. The molecule has 0 saturated carbocycles. The van der Waals surface area contributed by atoms with Crippen molar-refractivity contribution in [2.24, 2.45) is 0 Å². The monoisotopic (exact) mass is 461 g/mol. The number of anilines is 1. The molecule has 1 aromatic carbocycles. The van der Waals surface area contributed by atoms with Gasteiger partial charge < -0.3 is 4.90 Å². The topological polar surface area (TPSA) is 95.1 Å². The minimum Gasteiger partial charge on any atom is -0.336 e. The molecule has 0 atom stereocenters. The standard InChI is InChI=1S/C21H23N3O5S2/c1-14-12-18(15(2)30-14)31(28,29)23-10-8-22(9-11-23)21(27)16-4-3-5-17(13-16)24-19(25)6-7-20(24)26/h3-5,12-13H,6-11H2,1-2H3. The third kappa shape index (κ3) is 4.02. The Hall–Kier alpha value is -2.56. The average Bonchev–Trinajstić information content (AvgIpc) is 3.28. The molecule has 0 spiro atoms. The third-order valence-electron chi connectivity index (χ3n) is 5.54. The van der Waals surface area contributed by atoms with E-state index in [1.165, 1.54) is 15.6 Å². The van der Waals surface area contributed by atoms with Crippen molar-refractivity contribution >= 4 is 44.8 Å². The van der Waals surface area contributed by atoms with Crippen LogP contribution in [0.25, 0.3) is 0 Å². The minimum atomic E-state index is -3.59. The molecule has 8 nitrogen and oxygen atoms in total. The number of amides is 3. The van der Waals surface area contributed by atoms with Gasteiger partial charge in [0.15, 0.2) is 0 Å². The lowest BCUT2D eigenvalue weighted by Gasteiger charge is -2.34. The van der Waals surface area contributed by atoms with Gasteiger partial charge in [-0.1, -0.05) is 6.07 Å². The van der Waals surface area contributed by atoms with E-state index in [9.17, 15) is 22.8 Å². The Labute approximate surface area is 185 Å². The molecule has 0 aliphatic carbocycles. The number of hydrogen-bond acceptors (Lipinski definition) is 6. The second-order valence-corrected chi connectivity index (χ2v) is 11.0. The summed E-state index contributed by atoms with van der Waals surface area (Å²) in [6, 6.07) is 8.15. The Balaban J connectivity index is 1.46. The number of nitrogens with zero attached hydrogens (tertiary/aromatic N) is 3. The number of imide groups is 1. The van der Waals surface area contributed by atoms with E-state index in [0.29, 0.717) is 16.1 Å². The molecule has 31 heavy (non-hydrogen) atoms. The van der Waals surface area contributed by atoms with E-state index in [4.69, 9.17) is 0 Å². The fraction of sp³-hybridized carbons (Fsp3) is 0.381. The first-order valence-electron chi connectivity index (χ1n) is 10.0. The Morgan fingerprint density at radius 2 is 1.61 bits per heavy atom. The summed E-state index contributed by atoms with van der Waals surface area (Å²) in [7, 11) is -3.59. The van der Waals surface area contributed by atoms with Gasteiger partial charge in [0.2, 0.25) is 21.8 Å². The van der Waals surface area contributed by atoms with Gasteiger partial charge in [0.25, 0.3) is 5.91 Å². The number of benzene rings is 1. The number of rotatable bonds is 4. The Morgan fingerprint density at radius 1 is 0.968 bits per heavy atom. The maximum Gasteiger partial charge on any atom is 0.254 e. The number of carbonyl (C=O) groups excluding carboxylic acids is 3. The van der Waals surface area contributed by atoms with Gasteiger partial charge in [0, 0.05) is 54.3 Å². The lowest BCUT2D eigenvalue weighted by Crippen LogP contribution is -2.50. The lowest BCUT2D eigenvalue weighted by atomic mass is 10.1. The Morgan fingerprint density at radius 3 is 2.19 bits per heavy atom. The third-order valence-corrected chi connectivity index (χ3v) is 8.66. The molecular weight excluding hydrogens is 438 g/mol. The molecule has 3 heterocycles. The van der Waals surface area contributed by atoms with Gasteiger partial charge in [-0.25, -0.2) is 8.42 Å². The van der Waals surface area contributed by atoms with Crippen LogP contribution in [-0.4, -0.2) is 61.5 Å². The van der Waals surface area contributed by atoms with Crippen molar-refractivity contribution in [2.75, 3.05) is 31.1 Å². The van der Waals surface area contributed by atoms with Crippen molar-refractivity contribution in [3.05, 3.63) is 45.6 Å². The summed E-state index contributed by atoms with van der Waals surface area (Å²) in [6.45, 7) is 4.65. The Kier molecular flexibility index (Phi) is 5.71. The zero-order chi connectivity index (χ0) is 22.3. The van der Waals surface area contributed by atoms with Crippen molar-refractivity contribution in [2.45, 2.75) is 31.6 Å². The van der Waals surface area contributed by atoms with Crippen molar-refractivity contribution < 1.29 is 22.8 Å². The number of piperazine rings is 1. The fourth-order valence-electron chi connectivity index (χ4n) is 3.96. The summed E-state index contributed by atoms with van der Waals surface area (Å²) in [4.78, 5) is 41.7. The second-order valence-electron chi connectivity index (χ2n) is 7.65. The SMILES string of the molecule is Cc1cc(S(=O)(=O)N2CCN(C(=O)c3cccc(N4C(=O)CCC4=O)c3)CC2)c(C)s1. The molecular formula is C21H23N3O5S2. The maximum absolute atomic E-state index is 13.0. The van der Waals surface area contributed by atoms with Crippen LogP contribution in [0, 0.1) is 13.8 Å². The highest BCUT2D eigenvalue weighted by molar-refractivity contribution is 7.89. The largest absolute Gasteiger partial charge is 0.336 e. The normalized spacial score (nSPS) is 18.1. The molecule has 2 aromatic rings. The molecule has 3 amide bonds. The molecule has 0 bridgehead atoms. The molecule has 0 radical (unpaired) electrons. The number of carbonyl (C=O) groups is 3. The summed E-state index contributed by atoms with van der Waals surface area (Å²) in [5.74, 6) is -0.791. The van der Waals surface area contributed by atoms with E-state index in [1.54, 1.807) is 42.2 Å². The number of sulfonamides is 1. The van der Waals surface area contributed by atoms with Crippen LogP contribution in [-0.2, 0) is 19.6 Å². The summed E-state index contributed by atoms with van der Waals surface area (Å²) < 4.78 is 27.4. The van der Waals surface area contributed by atoms with Gasteiger partial charge in [-0.3, -0.25) is 19.3 Å². The fourth-order valence-corrected chi connectivity index (χ4v) is 6.91. The smallest absolute Gasteiger partial charge is 0.254 e. The number of thiophene rings is 1. The molecule has 0 unspecified atom stereocenters. The first kappa shape index (κ1) is 21.7. The van der Waals surface area contributed by atoms with Gasteiger partial charge >= 0.3 is 0 Å². The predicted octanol–water partition coefficient (Wildman–Crippen LogP) is 2.17. The molecule has 1 aromatic heterocycles. The predicted molar refractivity (Wildman–Crippen MR) is 117 cm³/mol. The quantitative estimate of drug-likeness (QED) is 0.651. The van der Waals surface area contributed by atoms with E-state index in [2.05, 4.69) is 0 Å². The summed E-state index contributed by atoms with van der Waals surface area (Å²) in [5.41, 5.74) is 0.758. The van der Waals surface area contributed by atoms with Crippen LogP contribution in [0.4, 0.5) is 5.69 Å². The number of aryl methyl sites for hydroxylation is 2.